The Hall–Kier alpha value is -0.120. The highest BCUT2D eigenvalue weighted by molar-refractivity contribution is 4.87. The maximum absolute atomic E-state index is 5.87. The van der Waals surface area contributed by atoms with Crippen LogP contribution in [-0.4, -0.2) is 39.0 Å². The summed E-state index contributed by atoms with van der Waals surface area (Å²) < 4.78 is 11.4. The first kappa shape index (κ1) is 12.0. The predicted octanol–water partition coefficient (Wildman–Crippen LogP) is 1.43. The molecule has 0 radical (unpaired) electrons. The number of hydrogen-bond acceptors (Lipinski definition) is 3. The second-order valence-corrected chi connectivity index (χ2v) is 4.19. The normalized spacial score (nSPS) is 27.2. The van der Waals surface area contributed by atoms with Gasteiger partial charge in [0.2, 0.25) is 0 Å². The molecule has 1 aliphatic rings. The molecule has 0 aliphatic carbocycles. The second kappa shape index (κ2) is 5.69. The zero-order valence-corrected chi connectivity index (χ0v) is 9.64. The SMILES string of the molecule is CCOC(C)(CNC)C1CCCOC1. The topological polar surface area (TPSA) is 30.5 Å². The largest absolute Gasteiger partial charge is 0.381 e. The Bertz CT molecular complexity index is 149. The Morgan fingerprint density at radius 3 is 2.86 bits per heavy atom. The Morgan fingerprint density at radius 2 is 2.36 bits per heavy atom. The first-order valence-corrected chi connectivity index (χ1v) is 5.59. The third-order valence-corrected chi connectivity index (χ3v) is 3.03. The molecule has 0 aromatic rings. The lowest BCUT2D eigenvalue weighted by molar-refractivity contribution is -0.106. The standard InChI is InChI=1S/C11H23NO2/c1-4-14-11(2,9-12-3)10-6-5-7-13-8-10/h10,12H,4-9H2,1-3H3. The maximum Gasteiger partial charge on any atom is 0.0827 e. The zero-order valence-electron chi connectivity index (χ0n) is 9.64. The van der Waals surface area contributed by atoms with E-state index in [0.717, 1.165) is 32.8 Å². The first-order chi connectivity index (χ1) is 6.73. The van der Waals surface area contributed by atoms with Gasteiger partial charge in [-0.2, -0.15) is 0 Å². The van der Waals surface area contributed by atoms with Crippen molar-refractivity contribution in [2.45, 2.75) is 32.3 Å². The molecule has 3 heteroatoms. The highest BCUT2D eigenvalue weighted by atomic mass is 16.5. The minimum absolute atomic E-state index is 0.0656. The number of likely N-dealkylation sites (N-methyl/N-ethyl adjacent to an activating group) is 1. The van der Waals surface area contributed by atoms with E-state index >= 15 is 0 Å². The van der Waals surface area contributed by atoms with Crippen LogP contribution in [0.1, 0.15) is 26.7 Å². The number of rotatable bonds is 5. The van der Waals surface area contributed by atoms with Gasteiger partial charge in [0, 0.05) is 25.7 Å². The fourth-order valence-corrected chi connectivity index (χ4v) is 2.22. The van der Waals surface area contributed by atoms with Gasteiger partial charge in [-0.15, -0.1) is 0 Å². The van der Waals surface area contributed by atoms with Gasteiger partial charge >= 0.3 is 0 Å². The first-order valence-electron chi connectivity index (χ1n) is 5.59. The van der Waals surface area contributed by atoms with Crippen LogP contribution >= 0.6 is 0 Å². The molecule has 2 atom stereocenters. The lowest BCUT2D eigenvalue weighted by atomic mass is 9.84. The van der Waals surface area contributed by atoms with Crippen LogP contribution in [0.3, 0.4) is 0 Å². The second-order valence-electron chi connectivity index (χ2n) is 4.19. The van der Waals surface area contributed by atoms with Gasteiger partial charge in [-0.1, -0.05) is 0 Å². The molecule has 2 unspecified atom stereocenters. The van der Waals surface area contributed by atoms with Gasteiger partial charge in [-0.3, -0.25) is 0 Å². The Labute approximate surface area is 87.2 Å². The Kier molecular flexibility index (Phi) is 4.85. The van der Waals surface area contributed by atoms with Crippen LogP contribution in [0.2, 0.25) is 0 Å². The molecule has 0 amide bonds. The summed E-state index contributed by atoms with van der Waals surface area (Å²) in [4.78, 5) is 0. The van der Waals surface area contributed by atoms with Gasteiger partial charge in [0.25, 0.3) is 0 Å². The van der Waals surface area contributed by atoms with Crippen molar-refractivity contribution in [1.82, 2.24) is 5.32 Å². The predicted molar refractivity (Wildman–Crippen MR) is 57.5 cm³/mol. The van der Waals surface area contributed by atoms with E-state index in [9.17, 15) is 0 Å². The molecule has 1 rings (SSSR count). The average molecular weight is 201 g/mol. The third-order valence-electron chi connectivity index (χ3n) is 3.03. The minimum atomic E-state index is -0.0656. The number of ether oxygens (including phenoxy) is 2. The van der Waals surface area contributed by atoms with Crippen molar-refractivity contribution >= 4 is 0 Å². The summed E-state index contributed by atoms with van der Waals surface area (Å²) in [6, 6.07) is 0. The molecule has 1 fully saturated rings. The van der Waals surface area contributed by atoms with Crippen molar-refractivity contribution in [3.63, 3.8) is 0 Å². The van der Waals surface area contributed by atoms with Gasteiger partial charge in [0.05, 0.1) is 12.2 Å². The smallest absolute Gasteiger partial charge is 0.0827 e. The Balaban J connectivity index is 2.54. The van der Waals surface area contributed by atoms with E-state index in [-0.39, 0.29) is 5.60 Å². The van der Waals surface area contributed by atoms with Crippen molar-refractivity contribution in [3.8, 4) is 0 Å². The average Bonchev–Trinajstić information content (AvgIpc) is 2.20. The van der Waals surface area contributed by atoms with E-state index in [1.165, 1.54) is 6.42 Å². The van der Waals surface area contributed by atoms with Crippen molar-refractivity contribution in [3.05, 3.63) is 0 Å². The number of nitrogens with one attached hydrogen (secondary N) is 1. The van der Waals surface area contributed by atoms with Gasteiger partial charge in [-0.05, 0) is 33.7 Å². The molecule has 1 aliphatic heterocycles. The summed E-state index contributed by atoms with van der Waals surface area (Å²) in [6.07, 6.45) is 2.38. The highest BCUT2D eigenvalue weighted by Gasteiger charge is 2.35. The molecule has 1 saturated heterocycles. The molecular formula is C11H23NO2. The molecule has 0 aromatic heterocycles. The van der Waals surface area contributed by atoms with Gasteiger partial charge in [0.15, 0.2) is 0 Å². The monoisotopic (exact) mass is 201 g/mol. The zero-order chi connectivity index (χ0) is 10.4. The fraction of sp³-hybridized carbons (Fsp3) is 1.00. The van der Waals surface area contributed by atoms with Crippen LogP contribution < -0.4 is 5.32 Å². The molecule has 1 heterocycles. The van der Waals surface area contributed by atoms with Gasteiger partial charge in [0.1, 0.15) is 0 Å². The van der Waals surface area contributed by atoms with Crippen molar-refractivity contribution in [2.24, 2.45) is 5.92 Å². The molecule has 3 nitrogen and oxygen atoms in total. The highest BCUT2D eigenvalue weighted by Crippen LogP contribution is 2.28. The van der Waals surface area contributed by atoms with E-state index in [4.69, 9.17) is 9.47 Å². The summed E-state index contributed by atoms with van der Waals surface area (Å²) in [5.41, 5.74) is -0.0656. The van der Waals surface area contributed by atoms with Crippen molar-refractivity contribution < 1.29 is 9.47 Å². The molecule has 1 N–H and O–H groups in total. The minimum Gasteiger partial charge on any atom is -0.381 e. The van der Waals surface area contributed by atoms with E-state index in [1.807, 2.05) is 7.05 Å². The van der Waals surface area contributed by atoms with Crippen LogP contribution in [0.4, 0.5) is 0 Å². The van der Waals surface area contributed by atoms with E-state index < -0.39 is 0 Å². The molecule has 0 aromatic carbocycles. The summed E-state index contributed by atoms with van der Waals surface area (Å²) in [6.45, 7) is 7.67. The summed E-state index contributed by atoms with van der Waals surface area (Å²) in [5.74, 6) is 0.531. The lowest BCUT2D eigenvalue weighted by Crippen LogP contribution is -2.48. The van der Waals surface area contributed by atoms with Crippen LogP contribution in [0.5, 0.6) is 0 Å². The fourth-order valence-electron chi connectivity index (χ4n) is 2.22. The molecule has 0 bridgehead atoms. The van der Waals surface area contributed by atoms with Crippen molar-refractivity contribution in [1.29, 1.82) is 0 Å². The molecule has 14 heavy (non-hydrogen) atoms. The van der Waals surface area contributed by atoms with Crippen molar-refractivity contribution in [2.75, 3.05) is 33.4 Å². The lowest BCUT2D eigenvalue weighted by Gasteiger charge is -2.39. The maximum atomic E-state index is 5.87. The van der Waals surface area contributed by atoms with Gasteiger partial charge < -0.3 is 14.8 Å². The van der Waals surface area contributed by atoms with Crippen LogP contribution in [0, 0.1) is 5.92 Å². The summed E-state index contributed by atoms with van der Waals surface area (Å²) >= 11 is 0. The van der Waals surface area contributed by atoms with Crippen LogP contribution in [-0.2, 0) is 9.47 Å². The Morgan fingerprint density at radius 1 is 1.57 bits per heavy atom. The summed E-state index contributed by atoms with van der Waals surface area (Å²) in [7, 11) is 1.97. The van der Waals surface area contributed by atoms with Gasteiger partial charge in [-0.25, -0.2) is 0 Å². The van der Waals surface area contributed by atoms with Crippen LogP contribution in [0.15, 0.2) is 0 Å². The number of hydrogen-bond donors (Lipinski definition) is 1. The molecule has 84 valence electrons. The van der Waals surface area contributed by atoms with E-state index in [1.54, 1.807) is 0 Å². The molecule has 0 saturated carbocycles. The molecule has 0 spiro atoms. The molecular weight excluding hydrogens is 178 g/mol. The quantitative estimate of drug-likeness (QED) is 0.730. The van der Waals surface area contributed by atoms with E-state index in [2.05, 4.69) is 19.2 Å². The third kappa shape index (κ3) is 2.94. The summed E-state index contributed by atoms with van der Waals surface area (Å²) in [5, 5.41) is 3.21. The van der Waals surface area contributed by atoms with E-state index in [0.29, 0.717) is 5.92 Å². The van der Waals surface area contributed by atoms with Crippen LogP contribution in [0.25, 0.3) is 0 Å².